The summed E-state index contributed by atoms with van der Waals surface area (Å²) in [7, 11) is 0. The smallest absolute Gasteiger partial charge is 0.246 e. The van der Waals surface area contributed by atoms with E-state index in [4.69, 9.17) is 0 Å². The molecule has 1 N–H and O–H groups in total. The van der Waals surface area contributed by atoms with E-state index in [1.807, 2.05) is 43.5 Å². The molecule has 2 heterocycles. The predicted molar refractivity (Wildman–Crippen MR) is 91.1 cm³/mol. The van der Waals surface area contributed by atoms with Crippen LogP contribution in [0.2, 0.25) is 0 Å². The van der Waals surface area contributed by atoms with Crippen molar-refractivity contribution in [1.82, 2.24) is 19.6 Å². The number of aromatic nitrogens is 4. The number of benzene rings is 1. The van der Waals surface area contributed by atoms with Gasteiger partial charge in [0.25, 0.3) is 0 Å². The molecule has 0 unspecified atom stereocenters. The van der Waals surface area contributed by atoms with E-state index in [1.54, 1.807) is 21.8 Å². The van der Waals surface area contributed by atoms with E-state index in [9.17, 15) is 4.79 Å². The molecule has 0 radical (unpaired) electrons. The molecule has 118 valence electrons. The zero-order chi connectivity index (χ0) is 16.2. The largest absolute Gasteiger partial charge is 0.322 e. The Bertz CT molecular complexity index is 790. The van der Waals surface area contributed by atoms with Crippen LogP contribution in [0.4, 0.5) is 5.69 Å². The van der Waals surface area contributed by atoms with Gasteiger partial charge in [-0.15, -0.1) is 0 Å². The van der Waals surface area contributed by atoms with Crippen LogP contribution in [0.1, 0.15) is 11.3 Å². The zero-order valence-corrected chi connectivity index (χ0v) is 14.2. The third kappa shape index (κ3) is 4.07. The Labute approximate surface area is 142 Å². The van der Waals surface area contributed by atoms with Gasteiger partial charge in [0.2, 0.25) is 5.91 Å². The number of nitrogens with zero attached hydrogens (tertiary/aromatic N) is 4. The summed E-state index contributed by atoms with van der Waals surface area (Å²) in [6.07, 6.45) is 5.24. The number of carbonyl (C=O) groups is 1. The maximum atomic E-state index is 12.0. The van der Waals surface area contributed by atoms with Crippen LogP contribution in [0.3, 0.4) is 0 Å². The molecule has 0 aliphatic heterocycles. The molecule has 23 heavy (non-hydrogen) atoms. The first-order chi connectivity index (χ1) is 11.1. The molecule has 1 amide bonds. The quantitative estimate of drug-likeness (QED) is 0.747. The van der Waals surface area contributed by atoms with Crippen LogP contribution in [-0.4, -0.2) is 25.5 Å². The fourth-order valence-corrected chi connectivity index (χ4v) is 2.52. The standard InChI is InChI=1S/C16H16BrN5O/c1-12-15(17)10-22(20-12)11-16(23)19-14-7-18-21(9-14)8-13-5-3-2-4-6-13/h2-7,9-10H,8,11H2,1H3,(H,19,23). The van der Waals surface area contributed by atoms with Crippen molar-refractivity contribution in [3.8, 4) is 0 Å². The third-order valence-electron chi connectivity index (χ3n) is 3.30. The van der Waals surface area contributed by atoms with Crippen LogP contribution in [-0.2, 0) is 17.9 Å². The van der Waals surface area contributed by atoms with Crippen LogP contribution in [0.5, 0.6) is 0 Å². The van der Waals surface area contributed by atoms with Gasteiger partial charge in [-0.3, -0.25) is 14.2 Å². The van der Waals surface area contributed by atoms with Crippen LogP contribution in [0.15, 0.2) is 53.4 Å². The molecule has 0 aliphatic carbocycles. The lowest BCUT2D eigenvalue weighted by atomic mass is 10.2. The number of amides is 1. The molecule has 0 spiro atoms. The lowest BCUT2D eigenvalue weighted by molar-refractivity contribution is -0.116. The lowest BCUT2D eigenvalue weighted by Gasteiger charge is -2.03. The number of hydrogen-bond donors (Lipinski definition) is 1. The Kier molecular flexibility index (Phi) is 4.57. The molecule has 0 bridgehead atoms. The van der Waals surface area contributed by atoms with E-state index in [1.165, 1.54) is 0 Å². The van der Waals surface area contributed by atoms with Gasteiger partial charge in [-0.1, -0.05) is 30.3 Å². The molecule has 0 atom stereocenters. The molecule has 0 saturated heterocycles. The molecule has 6 nitrogen and oxygen atoms in total. The Morgan fingerprint density at radius 3 is 2.70 bits per heavy atom. The first-order valence-electron chi connectivity index (χ1n) is 7.16. The van der Waals surface area contributed by atoms with E-state index in [-0.39, 0.29) is 12.5 Å². The van der Waals surface area contributed by atoms with Gasteiger partial charge in [-0.25, -0.2) is 0 Å². The Morgan fingerprint density at radius 1 is 1.22 bits per heavy atom. The van der Waals surface area contributed by atoms with Crippen molar-refractivity contribution >= 4 is 27.5 Å². The second-order valence-corrected chi connectivity index (χ2v) is 6.07. The van der Waals surface area contributed by atoms with Crippen molar-refractivity contribution in [1.29, 1.82) is 0 Å². The topological polar surface area (TPSA) is 64.7 Å². The number of carbonyl (C=O) groups excluding carboxylic acids is 1. The van der Waals surface area contributed by atoms with Crippen molar-refractivity contribution in [3.63, 3.8) is 0 Å². The Balaban J connectivity index is 1.59. The van der Waals surface area contributed by atoms with Gasteiger partial charge in [-0.05, 0) is 28.4 Å². The summed E-state index contributed by atoms with van der Waals surface area (Å²) >= 11 is 3.38. The zero-order valence-electron chi connectivity index (χ0n) is 12.6. The highest BCUT2D eigenvalue weighted by molar-refractivity contribution is 9.10. The van der Waals surface area contributed by atoms with Gasteiger partial charge in [0.05, 0.1) is 28.6 Å². The minimum absolute atomic E-state index is 0.140. The molecular formula is C16H16BrN5O. The summed E-state index contributed by atoms with van der Waals surface area (Å²) in [6.45, 7) is 2.71. The second-order valence-electron chi connectivity index (χ2n) is 5.22. The van der Waals surface area contributed by atoms with Crippen LogP contribution in [0, 0.1) is 6.92 Å². The fraction of sp³-hybridized carbons (Fsp3) is 0.188. The average molecular weight is 374 g/mol. The molecule has 0 fully saturated rings. The van der Waals surface area contributed by atoms with Gasteiger partial charge < -0.3 is 5.32 Å². The normalized spacial score (nSPS) is 10.7. The van der Waals surface area contributed by atoms with E-state index < -0.39 is 0 Å². The van der Waals surface area contributed by atoms with E-state index in [2.05, 4.69) is 31.4 Å². The Morgan fingerprint density at radius 2 is 2.00 bits per heavy atom. The number of aryl methyl sites for hydroxylation is 1. The highest BCUT2D eigenvalue weighted by atomic mass is 79.9. The highest BCUT2D eigenvalue weighted by Gasteiger charge is 2.08. The third-order valence-corrected chi connectivity index (χ3v) is 4.08. The van der Waals surface area contributed by atoms with E-state index in [0.717, 1.165) is 15.7 Å². The summed E-state index contributed by atoms with van der Waals surface area (Å²) in [5, 5.41) is 11.3. The molecular weight excluding hydrogens is 358 g/mol. The van der Waals surface area contributed by atoms with Crippen LogP contribution < -0.4 is 5.32 Å². The first kappa shape index (κ1) is 15.5. The molecule has 1 aromatic carbocycles. The van der Waals surface area contributed by atoms with Crippen LogP contribution >= 0.6 is 15.9 Å². The summed E-state index contributed by atoms with van der Waals surface area (Å²) < 4.78 is 4.28. The maximum Gasteiger partial charge on any atom is 0.246 e. The first-order valence-corrected chi connectivity index (χ1v) is 7.95. The van der Waals surface area contributed by atoms with Gasteiger partial charge in [0, 0.05) is 12.4 Å². The van der Waals surface area contributed by atoms with Gasteiger partial charge in [0.15, 0.2) is 0 Å². The monoisotopic (exact) mass is 373 g/mol. The summed E-state index contributed by atoms with van der Waals surface area (Å²) in [4.78, 5) is 12.0. The number of hydrogen-bond acceptors (Lipinski definition) is 3. The Hall–Kier alpha value is -2.41. The minimum Gasteiger partial charge on any atom is -0.322 e. The minimum atomic E-state index is -0.140. The van der Waals surface area contributed by atoms with Crippen molar-refractivity contribution in [3.05, 3.63) is 64.7 Å². The molecule has 0 saturated carbocycles. The van der Waals surface area contributed by atoms with Crippen LogP contribution in [0.25, 0.3) is 0 Å². The summed E-state index contributed by atoms with van der Waals surface area (Å²) in [6, 6.07) is 10.0. The molecule has 2 aromatic heterocycles. The SMILES string of the molecule is Cc1nn(CC(=O)Nc2cnn(Cc3ccccc3)c2)cc1Br. The van der Waals surface area contributed by atoms with Gasteiger partial charge in [0.1, 0.15) is 6.54 Å². The summed E-state index contributed by atoms with van der Waals surface area (Å²) in [5.41, 5.74) is 2.69. The van der Waals surface area contributed by atoms with Crippen molar-refractivity contribution in [2.45, 2.75) is 20.0 Å². The van der Waals surface area contributed by atoms with Crippen molar-refractivity contribution in [2.24, 2.45) is 0 Å². The maximum absolute atomic E-state index is 12.0. The summed E-state index contributed by atoms with van der Waals surface area (Å²) in [5.74, 6) is -0.140. The van der Waals surface area contributed by atoms with E-state index in [0.29, 0.717) is 12.2 Å². The molecule has 3 aromatic rings. The molecule has 0 aliphatic rings. The van der Waals surface area contributed by atoms with Crippen molar-refractivity contribution < 1.29 is 4.79 Å². The second kappa shape index (κ2) is 6.78. The number of anilines is 1. The van der Waals surface area contributed by atoms with Gasteiger partial charge in [-0.2, -0.15) is 10.2 Å². The van der Waals surface area contributed by atoms with Gasteiger partial charge >= 0.3 is 0 Å². The average Bonchev–Trinajstić information content (AvgIpc) is 3.07. The van der Waals surface area contributed by atoms with E-state index >= 15 is 0 Å². The number of nitrogens with one attached hydrogen (secondary N) is 1. The number of halogens is 1. The lowest BCUT2D eigenvalue weighted by Crippen LogP contribution is -2.18. The van der Waals surface area contributed by atoms with Crippen molar-refractivity contribution in [2.75, 3.05) is 5.32 Å². The highest BCUT2D eigenvalue weighted by Crippen LogP contribution is 2.13. The predicted octanol–water partition coefficient (Wildman–Crippen LogP) is 2.84. The fourth-order valence-electron chi connectivity index (χ4n) is 2.21. The molecule has 7 heteroatoms. The molecule has 3 rings (SSSR count). The number of rotatable bonds is 5.